The molecule has 1 aliphatic rings. The molecule has 2 aromatic carbocycles. The van der Waals surface area contributed by atoms with Crippen molar-refractivity contribution >= 4 is 22.8 Å². The minimum atomic E-state index is -4.69. The lowest BCUT2D eigenvalue weighted by molar-refractivity contribution is -0.164. The highest BCUT2D eigenvalue weighted by atomic mass is 19.4. The number of carbonyl (C=O) groups excluding carboxylic acids is 2. The Bertz CT molecular complexity index is 1300. The second-order valence-corrected chi connectivity index (χ2v) is 9.77. The van der Waals surface area contributed by atoms with Crippen LogP contribution in [-0.2, 0) is 33.3 Å². The maximum absolute atomic E-state index is 13.7. The van der Waals surface area contributed by atoms with E-state index in [1.165, 1.54) is 13.0 Å². The summed E-state index contributed by atoms with van der Waals surface area (Å²) in [7, 11) is 0. The van der Waals surface area contributed by atoms with Crippen molar-refractivity contribution in [2.24, 2.45) is 0 Å². The fraction of sp³-hybridized carbons (Fsp3) is 0.483. The van der Waals surface area contributed by atoms with Crippen molar-refractivity contribution in [2.45, 2.75) is 77.7 Å². The van der Waals surface area contributed by atoms with E-state index in [1.54, 1.807) is 35.2 Å². The summed E-state index contributed by atoms with van der Waals surface area (Å²) in [5.74, 6) is -0.756. The van der Waals surface area contributed by atoms with E-state index in [-0.39, 0.29) is 22.6 Å². The van der Waals surface area contributed by atoms with Gasteiger partial charge in [0.15, 0.2) is 17.4 Å². The first-order chi connectivity index (χ1) is 18.7. The third-order valence-electron chi connectivity index (χ3n) is 6.78. The van der Waals surface area contributed by atoms with Gasteiger partial charge in [-0.15, -0.1) is 0 Å². The van der Waals surface area contributed by atoms with E-state index < -0.39 is 30.0 Å². The van der Waals surface area contributed by atoms with Crippen molar-refractivity contribution in [1.82, 2.24) is 10.1 Å². The van der Waals surface area contributed by atoms with Gasteiger partial charge in [-0.2, -0.15) is 13.2 Å². The van der Waals surface area contributed by atoms with E-state index in [0.717, 1.165) is 12.8 Å². The van der Waals surface area contributed by atoms with Crippen molar-refractivity contribution in [1.29, 1.82) is 0 Å². The monoisotopic (exact) mass is 546 g/mol. The molecule has 2 heterocycles. The number of nitrogens with zero attached hydrogens (tertiary/aromatic N) is 2. The number of likely N-dealkylation sites (tertiary alicyclic amines) is 1. The van der Waals surface area contributed by atoms with Gasteiger partial charge in [-0.1, -0.05) is 62.2 Å². The van der Waals surface area contributed by atoms with E-state index in [4.69, 9.17) is 14.0 Å². The molecule has 0 aliphatic carbocycles. The Hall–Kier alpha value is -3.56. The normalized spacial score (nSPS) is 15.4. The highest BCUT2D eigenvalue weighted by Gasteiger charge is 2.39. The molecule has 0 radical (unpaired) electrons. The number of rotatable bonds is 10. The van der Waals surface area contributed by atoms with Gasteiger partial charge in [0.2, 0.25) is 6.10 Å². The van der Waals surface area contributed by atoms with Gasteiger partial charge < -0.3 is 18.9 Å². The van der Waals surface area contributed by atoms with Gasteiger partial charge in [-0.3, -0.25) is 4.79 Å². The second kappa shape index (κ2) is 12.1. The summed E-state index contributed by atoms with van der Waals surface area (Å²) in [6.07, 6.45) is -3.18. The highest BCUT2D eigenvalue weighted by Crippen LogP contribution is 2.42. The molecule has 0 spiro atoms. The maximum atomic E-state index is 13.7. The molecule has 1 aliphatic heterocycles. The van der Waals surface area contributed by atoms with Crippen LogP contribution >= 0.6 is 0 Å². The number of benzene rings is 2. The number of alkyl halides is 3. The first-order valence-corrected chi connectivity index (χ1v) is 13.4. The number of halogens is 3. The van der Waals surface area contributed by atoms with Gasteiger partial charge in [-0.25, -0.2) is 4.79 Å². The lowest BCUT2D eigenvalue weighted by atomic mass is 9.97. The van der Waals surface area contributed by atoms with Crippen LogP contribution in [0.5, 0.6) is 5.75 Å². The Labute approximate surface area is 225 Å². The molecule has 0 bridgehead atoms. The summed E-state index contributed by atoms with van der Waals surface area (Å²) in [5, 5.41) is 3.20. The van der Waals surface area contributed by atoms with Crippen molar-refractivity contribution in [3.8, 4) is 5.75 Å². The molecule has 210 valence electrons. The number of ether oxygens (including phenoxy) is 2. The third kappa shape index (κ3) is 6.20. The Kier molecular flexibility index (Phi) is 8.82. The summed E-state index contributed by atoms with van der Waals surface area (Å²) in [4.78, 5) is 28.0. The fourth-order valence-electron chi connectivity index (χ4n) is 4.95. The third-order valence-corrected chi connectivity index (χ3v) is 6.78. The van der Waals surface area contributed by atoms with Crippen LogP contribution in [0.4, 0.5) is 13.2 Å². The largest absolute Gasteiger partial charge is 0.473 e. The number of carbonyl (C=O) groups is 2. The predicted octanol–water partition coefficient (Wildman–Crippen LogP) is 6.43. The summed E-state index contributed by atoms with van der Waals surface area (Å²) >= 11 is 0. The molecule has 1 saturated heterocycles. The topological polar surface area (TPSA) is 81.9 Å². The summed E-state index contributed by atoms with van der Waals surface area (Å²) in [5.41, 5.74) is 0.305. The SMILES string of the molecule is CCCc1cc2c(C(F)(F)F)noc2c(CCC)c1OC(C(=O)O[C@H](C)C(=O)N1CCCC1)c1ccccc1. The Morgan fingerprint density at radius 1 is 1.08 bits per heavy atom. The number of aryl methyl sites for hydroxylation is 2. The molecule has 7 nitrogen and oxygen atoms in total. The Morgan fingerprint density at radius 3 is 2.36 bits per heavy atom. The number of hydrogen-bond donors (Lipinski definition) is 0. The van der Waals surface area contributed by atoms with Gasteiger partial charge in [-0.05, 0) is 44.2 Å². The quantitative estimate of drug-likeness (QED) is 0.273. The number of aromatic nitrogens is 1. The average molecular weight is 547 g/mol. The first kappa shape index (κ1) is 28.4. The first-order valence-electron chi connectivity index (χ1n) is 13.4. The Morgan fingerprint density at radius 2 is 1.74 bits per heavy atom. The van der Waals surface area contributed by atoms with Gasteiger partial charge in [0.1, 0.15) is 5.75 Å². The predicted molar refractivity (Wildman–Crippen MR) is 138 cm³/mol. The molecule has 1 unspecified atom stereocenters. The molecular formula is C29H33F3N2O5. The molecular weight excluding hydrogens is 513 g/mol. The zero-order chi connectivity index (χ0) is 28.2. The molecule has 1 fully saturated rings. The zero-order valence-electron chi connectivity index (χ0n) is 22.3. The van der Waals surface area contributed by atoms with Crippen LogP contribution in [0.15, 0.2) is 40.9 Å². The van der Waals surface area contributed by atoms with Crippen molar-refractivity contribution < 1.29 is 36.8 Å². The van der Waals surface area contributed by atoms with E-state index in [0.29, 0.717) is 55.5 Å². The molecule has 0 saturated carbocycles. The van der Waals surface area contributed by atoms with Crippen LogP contribution in [0.25, 0.3) is 11.0 Å². The molecule has 10 heteroatoms. The molecule has 1 aromatic heterocycles. The van der Waals surface area contributed by atoms with Crippen LogP contribution in [0.2, 0.25) is 0 Å². The van der Waals surface area contributed by atoms with Gasteiger partial charge in [0, 0.05) is 24.2 Å². The van der Waals surface area contributed by atoms with E-state index >= 15 is 0 Å². The highest BCUT2D eigenvalue weighted by molar-refractivity contribution is 5.88. The van der Waals surface area contributed by atoms with Crippen LogP contribution in [-0.4, -0.2) is 41.1 Å². The van der Waals surface area contributed by atoms with E-state index in [9.17, 15) is 22.8 Å². The van der Waals surface area contributed by atoms with Gasteiger partial charge in [0.05, 0.1) is 5.39 Å². The Balaban J connectivity index is 1.76. The molecule has 1 amide bonds. The number of amides is 1. The number of fused-ring (bicyclic) bond motifs is 1. The van der Waals surface area contributed by atoms with Crippen molar-refractivity contribution in [3.05, 3.63) is 58.8 Å². The molecule has 2 atom stereocenters. The smallest absolute Gasteiger partial charge is 0.437 e. The number of esters is 1. The summed E-state index contributed by atoms with van der Waals surface area (Å²) in [6.45, 7) is 6.57. The lowest BCUT2D eigenvalue weighted by Gasteiger charge is -2.25. The summed E-state index contributed by atoms with van der Waals surface area (Å²) < 4.78 is 58.2. The van der Waals surface area contributed by atoms with E-state index in [2.05, 4.69) is 5.16 Å². The van der Waals surface area contributed by atoms with Crippen LogP contribution in [0.1, 0.15) is 74.9 Å². The van der Waals surface area contributed by atoms with Gasteiger partial charge >= 0.3 is 12.1 Å². The maximum Gasteiger partial charge on any atom is 0.437 e. The van der Waals surface area contributed by atoms with Crippen LogP contribution in [0, 0.1) is 0 Å². The second-order valence-electron chi connectivity index (χ2n) is 9.77. The summed E-state index contributed by atoms with van der Waals surface area (Å²) in [6, 6.07) is 10.1. The minimum absolute atomic E-state index is 0.0169. The molecule has 0 N–H and O–H groups in total. The average Bonchev–Trinajstić information content (AvgIpc) is 3.59. The van der Waals surface area contributed by atoms with Crippen molar-refractivity contribution in [3.63, 3.8) is 0 Å². The van der Waals surface area contributed by atoms with Crippen LogP contribution < -0.4 is 4.74 Å². The molecule has 39 heavy (non-hydrogen) atoms. The molecule has 4 rings (SSSR count). The van der Waals surface area contributed by atoms with E-state index in [1.807, 2.05) is 13.8 Å². The fourth-order valence-corrected chi connectivity index (χ4v) is 4.95. The van der Waals surface area contributed by atoms with Gasteiger partial charge in [0.25, 0.3) is 5.91 Å². The zero-order valence-corrected chi connectivity index (χ0v) is 22.3. The lowest BCUT2D eigenvalue weighted by Crippen LogP contribution is -2.39. The molecule has 3 aromatic rings. The standard InChI is InChI=1S/C29H33F3N2O5/c1-4-11-20-17-22-25(39-33-26(22)29(30,31)32)21(12-5-2)23(20)38-24(19-13-7-6-8-14-19)28(36)37-18(3)27(35)34-15-9-10-16-34/h6-8,13-14,17-18,24H,4-5,9-12,15-16H2,1-3H3/t18-,24?/m1/s1. The van der Waals surface area contributed by atoms with Crippen LogP contribution in [0.3, 0.4) is 0 Å². The number of hydrogen-bond acceptors (Lipinski definition) is 6. The van der Waals surface area contributed by atoms with Crippen molar-refractivity contribution in [2.75, 3.05) is 13.1 Å². The minimum Gasteiger partial charge on any atom is -0.473 e.